The third kappa shape index (κ3) is 4.48. The Kier molecular flexibility index (Phi) is 5.96. The highest BCUT2D eigenvalue weighted by Crippen LogP contribution is 2.28. The van der Waals surface area contributed by atoms with Gasteiger partial charge in [-0.2, -0.15) is 0 Å². The van der Waals surface area contributed by atoms with Gasteiger partial charge in [-0.15, -0.1) is 0 Å². The zero-order chi connectivity index (χ0) is 16.1. The maximum Gasteiger partial charge on any atom is 0.225 e. The first kappa shape index (κ1) is 16.8. The molecule has 0 atom stereocenters. The van der Waals surface area contributed by atoms with Crippen LogP contribution in [0.25, 0.3) is 0 Å². The minimum absolute atomic E-state index is 0.162. The molecule has 1 aliphatic carbocycles. The number of hydrogen-bond donors (Lipinski definition) is 0. The molecule has 0 aromatic carbocycles. The fourth-order valence-electron chi connectivity index (χ4n) is 4.53. The number of rotatable bonds is 4. The highest BCUT2D eigenvalue weighted by atomic mass is 16.2. The summed E-state index contributed by atoms with van der Waals surface area (Å²) >= 11 is 0. The van der Waals surface area contributed by atoms with E-state index in [0.29, 0.717) is 11.8 Å². The maximum atomic E-state index is 12.4. The number of nitrogens with zero attached hydrogens (tertiary/aromatic N) is 2. The Morgan fingerprint density at radius 1 is 0.739 bits per heavy atom. The highest BCUT2D eigenvalue weighted by Gasteiger charge is 2.31. The first-order valence-electron chi connectivity index (χ1n) is 9.80. The zero-order valence-corrected chi connectivity index (χ0v) is 14.5. The van der Waals surface area contributed by atoms with Gasteiger partial charge in [0.2, 0.25) is 11.8 Å². The number of carbonyl (C=O) groups is 2. The molecule has 3 aliphatic rings. The molecule has 0 spiro atoms. The highest BCUT2D eigenvalue weighted by molar-refractivity contribution is 5.80. The van der Waals surface area contributed by atoms with Gasteiger partial charge in [0, 0.05) is 38.5 Å². The molecule has 2 amide bonds. The van der Waals surface area contributed by atoms with Crippen LogP contribution < -0.4 is 0 Å². The number of hydrogen-bond acceptors (Lipinski definition) is 2. The van der Waals surface area contributed by atoms with E-state index in [4.69, 9.17) is 0 Å². The number of carbonyl (C=O) groups excluding carboxylic acids is 2. The lowest BCUT2D eigenvalue weighted by molar-refractivity contribution is -0.140. The maximum absolute atomic E-state index is 12.4. The van der Waals surface area contributed by atoms with Gasteiger partial charge in [0.05, 0.1) is 0 Å². The van der Waals surface area contributed by atoms with E-state index in [1.807, 2.05) is 9.80 Å². The van der Waals surface area contributed by atoms with E-state index < -0.39 is 0 Å². The molecule has 0 aromatic heterocycles. The summed E-state index contributed by atoms with van der Waals surface area (Å²) < 4.78 is 0. The van der Waals surface area contributed by atoms with Crippen LogP contribution in [0.1, 0.15) is 70.6 Å². The second-order valence-electron chi connectivity index (χ2n) is 7.73. The molecule has 0 bridgehead atoms. The van der Waals surface area contributed by atoms with Crippen LogP contribution in [0.5, 0.6) is 0 Å². The first-order chi connectivity index (χ1) is 11.2. The minimum atomic E-state index is 0.162. The van der Waals surface area contributed by atoms with Crippen molar-refractivity contribution in [2.45, 2.75) is 70.6 Å². The SMILES string of the molecule is O=C(CCC1CCCCC1)N1CCC(C(=O)N2CCCC2)CC1. The molecule has 2 aliphatic heterocycles. The van der Waals surface area contributed by atoms with Crippen molar-refractivity contribution in [2.75, 3.05) is 26.2 Å². The smallest absolute Gasteiger partial charge is 0.225 e. The molecule has 4 nitrogen and oxygen atoms in total. The van der Waals surface area contributed by atoms with Crippen LogP contribution in [-0.4, -0.2) is 47.8 Å². The summed E-state index contributed by atoms with van der Waals surface area (Å²) in [6.07, 6.45) is 12.6. The van der Waals surface area contributed by atoms with E-state index in [9.17, 15) is 9.59 Å². The fraction of sp³-hybridized carbons (Fsp3) is 0.895. The molecular weight excluding hydrogens is 288 g/mol. The molecule has 3 fully saturated rings. The molecular formula is C19H32N2O2. The van der Waals surface area contributed by atoms with E-state index in [1.165, 1.54) is 32.1 Å². The van der Waals surface area contributed by atoms with Gasteiger partial charge in [0.25, 0.3) is 0 Å². The third-order valence-electron chi connectivity index (χ3n) is 6.11. The van der Waals surface area contributed by atoms with Crippen molar-refractivity contribution < 1.29 is 9.59 Å². The molecule has 0 N–H and O–H groups in total. The molecule has 4 heteroatoms. The van der Waals surface area contributed by atoms with Crippen LogP contribution in [0.2, 0.25) is 0 Å². The van der Waals surface area contributed by atoms with E-state index in [1.54, 1.807) is 0 Å². The van der Waals surface area contributed by atoms with Gasteiger partial charge >= 0.3 is 0 Å². The molecule has 3 rings (SSSR count). The molecule has 0 unspecified atom stereocenters. The minimum Gasteiger partial charge on any atom is -0.343 e. The zero-order valence-electron chi connectivity index (χ0n) is 14.5. The van der Waals surface area contributed by atoms with Crippen molar-refractivity contribution in [3.63, 3.8) is 0 Å². The number of likely N-dealkylation sites (tertiary alicyclic amines) is 2. The lowest BCUT2D eigenvalue weighted by Crippen LogP contribution is -2.43. The average molecular weight is 320 g/mol. The Morgan fingerprint density at radius 3 is 2.04 bits per heavy atom. The van der Waals surface area contributed by atoms with E-state index in [-0.39, 0.29) is 5.92 Å². The van der Waals surface area contributed by atoms with Gasteiger partial charge in [-0.3, -0.25) is 9.59 Å². The number of amides is 2. The van der Waals surface area contributed by atoms with E-state index >= 15 is 0 Å². The van der Waals surface area contributed by atoms with Crippen LogP contribution >= 0.6 is 0 Å². The lowest BCUT2D eigenvalue weighted by Gasteiger charge is -2.33. The van der Waals surface area contributed by atoms with Crippen LogP contribution in [-0.2, 0) is 9.59 Å². The Bertz CT molecular complexity index is 404. The van der Waals surface area contributed by atoms with Crippen molar-refractivity contribution in [1.82, 2.24) is 9.80 Å². The molecule has 2 heterocycles. The topological polar surface area (TPSA) is 40.6 Å². The van der Waals surface area contributed by atoms with Crippen LogP contribution in [0, 0.1) is 11.8 Å². The lowest BCUT2D eigenvalue weighted by atomic mass is 9.86. The fourth-order valence-corrected chi connectivity index (χ4v) is 4.53. The molecule has 2 saturated heterocycles. The van der Waals surface area contributed by atoms with Crippen LogP contribution in [0.15, 0.2) is 0 Å². The second-order valence-corrected chi connectivity index (χ2v) is 7.73. The van der Waals surface area contributed by atoms with Gasteiger partial charge in [-0.05, 0) is 38.0 Å². The summed E-state index contributed by atoms with van der Waals surface area (Å²) in [5, 5.41) is 0. The van der Waals surface area contributed by atoms with E-state index in [2.05, 4.69) is 0 Å². The molecule has 0 radical (unpaired) electrons. The largest absolute Gasteiger partial charge is 0.343 e. The van der Waals surface area contributed by atoms with Crippen molar-refractivity contribution in [2.24, 2.45) is 11.8 Å². The third-order valence-corrected chi connectivity index (χ3v) is 6.11. The summed E-state index contributed by atoms with van der Waals surface area (Å²) in [7, 11) is 0. The van der Waals surface area contributed by atoms with Crippen molar-refractivity contribution in [3.8, 4) is 0 Å². The summed E-state index contributed by atoms with van der Waals surface area (Å²) in [5.74, 6) is 1.61. The van der Waals surface area contributed by atoms with Crippen LogP contribution in [0.4, 0.5) is 0 Å². The normalized spacial score (nSPS) is 24.2. The molecule has 23 heavy (non-hydrogen) atoms. The van der Waals surface area contributed by atoms with Gasteiger partial charge in [-0.1, -0.05) is 32.1 Å². The van der Waals surface area contributed by atoms with Crippen molar-refractivity contribution in [1.29, 1.82) is 0 Å². The monoisotopic (exact) mass is 320 g/mol. The molecule has 130 valence electrons. The van der Waals surface area contributed by atoms with Gasteiger partial charge in [0.1, 0.15) is 0 Å². The quantitative estimate of drug-likeness (QED) is 0.798. The van der Waals surface area contributed by atoms with Gasteiger partial charge in [-0.25, -0.2) is 0 Å². The second kappa shape index (κ2) is 8.16. The Balaban J connectivity index is 1.37. The van der Waals surface area contributed by atoms with Gasteiger partial charge < -0.3 is 9.80 Å². The Morgan fingerprint density at radius 2 is 1.39 bits per heavy atom. The Hall–Kier alpha value is -1.06. The molecule has 0 aromatic rings. The standard InChI is InChI=1S/C19H32N2O2/c22-18(9-8-16-6-2-1-3-7-16)20-14-10-17(11-15-20)19(23)21-12-4-5-13-21/h16-17H,1-15H2. The summed E-state index contributed by atoms with van der Waals surface area (Å²) in [6, 6.07) is 0. The molecule has 1 saturated carbocycles. The van der Waals surface area contributed by atoms with Crippen molar-refractivity contribution >= 4 is 11.8 Å². The van der Waals surface area contributed by atoms with E-state index in [0.717, 1.165) is 70.6 Å². The predicted octanol–water partition coefficient (Wildman–Crippen LogP) is 3.21. The van der Waals surface area contributed by atoms with Crippen LogP contribution in [0.3, 0.4) is 0 Å². The van der Waals surface area contributed by atoms with Gasteiger partial charge in [0.15, 0.2) is 0 Å². The summed E-state index contributed by atoms with van der Waals surface area (Å²) in [4.78, 5) is 28.9. The summed E-state index contributed by atoms with van der Waals surface area (Å²) in [6.45, 7) is 3.46. The Labute approximate surface area is 140 Å². The number of piperidine rings is 1. The predicted molar refractivity (Wildman–Crippen MR) is 90.9 cm³/mol. The summed E-state index contributed by atoms with van der Waals surface area (Å²) in [5.41, 5.74) is 0. The average Bonchev–Trinajstić information content (AvgIpc) is 3.15. The van der Waals surface area contributed by atoms with Crippen molar-refractivity contribution in [3.05, 3.63) is 0 Å². The first-order valence-corrected chi connectivity index (χ1v) is 9.80.